The van der Waals surface area contributed by atoms with Gasteiger partial charge < -0.3 is 10.6 Å². The van der Waals surface area contributed by atoms with Crippen LogP contribution in [0.15, 0.2) is 17.6 Å². The molecule has 2 aromatic rings. The number of fused-ring (bicyclic) bond motifs is 1. The SMILES string of the molecule is CC1(C)CCCNC1C(=O)Nc1c(Cl)ccc2scnc12. The normalized spacial score (nSPS) is 21.4. The zero-order chi connectivity index (χ0) is 15.0. The number of carbonyl (C=O) groups excluding carboxylic acids is 1. The number of benzene rings is 1. The molecule has 112 valence electrons. The molecule has 1 aromatic heterocycles. The van der Waals surface area contributed by atoms with E-state index in [0.717, 1.165) is 29.6 Å². The van der Waals surface area contributed by atoms with Gasteiger partial charge in [0.1, 0.15) is 5.52 Å². The summed E-state index contributed by atoms with van der Waals surface area (Å²) in [6, 6.07) is 3.52. The minimum Gasteiger partial charge on any atom is -0.322 e. The fourth-order valence-electron chi connectivity index (χ4n) is 2.88. The number of aromatic nitrogens is 1. The predicted molar refractivity (Wildman–Crippen MR) is 88.1 cm³/mol. The van der Waals surface area contributed by atoms with Crippen LogP contribution in [-0.4, -0.2) is 23.5 Å². The monoisotopic (exact) mass is 323 g/mol. The quantitative estimate of drug-likeness (QED) is 0.886. The van der Waals surface area contributed by atoms with Crippen LogP contribution < -0.4 is 10.6 Å². The van der Waals surface area contributed by atoms with E-state index in [1.807, 2.05) is 6.07 Å². The Morgan fingerprint density at radius 1 is 1.52 bits per heavy atom. The lowest BCUT2D eigenvalue weighted by Gasteiger charge is -2.38. The standard InChI is InChI=1S/C15H18ClN3OS/c1-15(2)6-3-7-17-13(15)14(20)19-11-9(16)4-5-10-12(11)18-8-21-10/h4-5,8,13,17H,3,6-7H2,1-2H3,(H,19,20). The first-order chi connectivity index (χ1) is 9.99. The highest BCUT2D eigenvalue weighted by Gasteiger charge is 2.37. The number of anilines is 1. The van der Waals surface area contributed by atoms with Crippen molar-refractivity contribution in [1.82, 2.24) is 10.3 Å². The molecule has 0 spiro atoms. The maximum absolute atomic E-state index is 12.6. The van der Waals surface area contributed by atoms with Crippen molar-refractivity contribution in [2.45, 2.75) is 32.7 Å². The van der Waals surface area contributed by atoms with Crippen molar-refractivity contribution in [2.75, 3.05) is 11.9 Å². The third kappa shape index (κ3) is 2.78. The second-order valence-corrected chi connectivity index (χ2v) is 7.38. The highest BCUT2D eigenvalue weighted by Crippen LogP contribution is 2.34. The number of nitrogens with one attached hydrogen (secondary N) is 2. The van der Waals surface area contributed by atoms with Gasteiger partial charge >= 0.3 is 0 Å². The number of piperidine rings is 1. The molecule has 1 aliphatic heterocycles. The van der Waals surface area contributed by atoms with E-state index in [1.54, 1.807) is 11.6 Å². The lowest BCUT2D eigenvalue weighted by molar-refractivity contribution is -0.121. The molecule has 1 saturated heterocycles. The molecule has 0 saturated carbocycles. The fourth-order valence-corrected chi connectivity index (χ4v) is 3.76. The lowest BCUT2D eigenvalue weighted by atomic mass is 9.77. The number of thiazole rings is 1. The lowest BCUT2D eigenvalue weighted by Crippen LogP contribution is -2.53. The number of hydrogen-bond donors (Lipinski definition) is 2. The second kappa shape index (κ2) is 5.55. The first kappa shape index (κ1) is 14.8. The van der Waals surface area contributed by atoms with Crippen LogP contribution >= 0.6 is 22.9 Å². The Labute approximate surface area is 132 Å². The van der Waals surface area contributed by atoms with Gasteiger partial charge in [0.2, 0.25) is 5.91 Å². The van der Waals surface area contributed by atoms with Crippen molar-refractivity contribution in [2.24, 2.45) is 5.41 Å². The Kier molecular flexibility index (Phi) is 3.90. The molecule has 21 heavy (non-hydrogen) atoms. The summed E-state index contributed by atoms with van der Waals surface area (Å²) in [5.74, 6) is -0.0397. The molecule has 3 rings (SSSR count). The summed E-state index contributed by atoms with van der Waals surface area (Å²) in [5.41, 5.74) is 3.07. The van der Waals surface area contributed by atoms with Crippen LogP contribution in [0.3, 0.4) is 0 Å². The number of amides is 1. The minimum absolute atomic E-state index is 0.0397. The molecule has 2 heterocycles. The third-order valence-electron chi connectivity index (χ3n) is 4.09. The van der Waals surface area contributed by atoms with Crippen molar-refractivity contribution in [3.05, 3.63) is 22.7 Å². The smallest absolute Gasteiger partial charge is 0.242 e. The molecular formula is C15H18ClN3OS. The van der Waals surface area contributed by atoms with Gasteiger partial charge in [-0.05, 0) is 36.9 Å². The largest absolute Gasteiger partial charge is 0.322 e. The maximum atomic E-state index is 12.6. The summed E-state index contributed by atoms with van der Waals surface area (Å²) in [4.78, 5) is 17.0. The first-order valence-corrected chi connectivity index (χ1v) is 8.31. The molecule has 6 heteroatoms. The van der Waals surface area contributed by atoms with Crippen LogP contribution in [0, 0.1) is 5.41 Å². The van der Waals surface area contributed by atoms with Crippen LogP contribution in [-0.2, 0) is 4.79 Å². The molecule has 1 atom stereocenters. The van der Waals surface area contributed by atoms with Gasteiger partial charge in [0.25, 0.3) is 0 Å². The molecule has 2 N–H and O–H groups in total. The number of carbonyl (C=O) groups is 1. The number of nitrogens with zero attached hydrogens (tertiary/aromatic N) is 1. The van der Waals surface area contributed by atoms with E-state index in [-0.39, 0.29) is 17.4 Å². The highest BCUT2D eigenvalue weighted by molar-refractivity contribution is 7.16. The molecule has 0 aliphatic carbocycles. The average molecular weight is 324 g/mol. The molecule has 1 aromatic carbocycles. The fraction of sp³-hybridized carbons (Fsp3) is 0.467. The summed E-state index contributed by atoms with van der Waals surface area (Å²) in [6.07, 6.45) is 2.13. The van der Waals surface area contributed by atoms with Gasteiger partial charge in [0.05, 0.1) is 27.0 Å². The van der Waals surface area contributed by atoms with Crippen LogP contribution in [0.1, 0.15) is 26.7 Å². The summed E-state index contributed by atoms with van der Waals surface area (Å²) < 4.78 is 1.02. The van der Waals surface area contributed by atoms with E-state index in [0.29, 0.717) is 10.7 Å². The van der Waals surface area contributed by atoms with Crippen molar-refractivity contribution in [3.8, 4) is 0 Å². The highest BCUT2D eigenvalue weighted by atomic mass is 35.5. The van der Waals surface area contributed by atoms with Crippen LogP contribution in [0.4, 0.5) is 5.69 Å². The van der Waals surface area contributed by atoms with E-state index in [1.165, 1.54) is 11.3 Å². The molecule has 1 amide bonds. The molecule has 0 bridgehead atoms. The van der Waals surface area contributed by atoms with E-state index in [4.69, 9.17) is 11.6 Å². The van der Waals surface area contributed by atoms with Crippen molar-refractivity contribution >= 4 is 44.7 Å². The van der Waals surface area contributed by atoms with Gasteiger partial charge in [-0.2, -0.15) is 0 Å². The van der Waals surface area contributed by atoms with E-state index in [2.05, 4.69) is 29.5 Å². The van der Waals surface area contributed by atoms with Gasteiger partial charge in [0.15, 0.2) is 0 Å². The molecule has 1 fully saturated rings. The van der Waals surface area contributed by atoms with E-state index < -0.39 is 0 Å². The van der Waals surface area contributed by atoms with Gasteiger partial charge in [0, 0.05) is 0 Å². The second-order valence-electron chi connectivity index (χ2n) is 6.09. The van der Waals surface area contributed by atoms with Crippen LogP contribution in [0.5, 0.6) is 0 Å². The summed E-state index contributed by atoms with van der Waals surface area (Å²) in [7, 11) is 0. The number of rotatable bonds is 2. The Bertz CT molecular complexity index is 683. The first-order valence-electron chi connectivity index (χ1n) is 7.05. The van der Waals surface area contributed by atoms with Gasteiger partial charge in [-0.15, -0.1) is 11.3 Å². The maximum Gasteiger partial charge on any atom is 0.242 e. The summed E-state index contributed by atoms with van der Waals surface area (Å²) in [5, 5.41) is 6.82. The van der Waals surface area contributed by atoms with Gasteiger partial charge in [-0.3, -0.25) is 4.79 Å². The molecule has 1 unspecified atom stereocenters. The van der Waals surface area contributed by atoms with E-state index >= 15 is 0 Å². The van der Waals surface area contributed by atoms with Crippen LogP contribution in [0.25, 0.3) is 10.2 Å². The van der Waals surface area contributed by atoms with Crippen molar-refractivity contribution < 1.29 is 4.79 Å². The third-order valence-corrected chi connectivity index (χ3v) is 5.20. The van der Waals surface area contributed by atoms with Gasteiger partial charge in [-0.25, -0.2) is 4.98 Å². The average Bonchev–Trinajstić information content (AvgIpc) is 2.90. The predicted octanol–water partition coefficient (Wildman–Crippen LogP) is 3.67. The van der Waals surface area contributed by atoms with Crippen LogP contribution in [0.2, 0.25) is 5.02 Å². The topological polar surface area (TPSA) is 54.0 Å². The Hall–Kier alpha value is -1.17. The molecule has 1 aliphatic rings. The number of halogens is 1. The molecular weight excluding hydrogens is 306 g/mol. The Balaban J connectivity index is 1.89. The zero-order valence-electron chi connectivity index (χ0n) is 12.1. The minimum atomic E-state index is -0.212. The van der Waals surface area contributed by atoms with E-state index in [9.17, 15) is 4.79 Å². The van der Waals surface area contributed by atoms with Crippen molar-refractivity contribution in [3.63, 3.8) is 0 Å². The van der Waals surface area contributed by atoms with Crippen molar-refractivity contribution in [1.29, 1.82) is 0 Å². The Morgan fingerprint density at radius 2 is 2.33 bits per heavy atom. The van der Waals surface area contributed by atoms with Gasteiger partial charge in [-0.1, -0.05) is 25.4 Å². The number of hydrogen-bond acceptors (Lipinski definition) is 4. The summed E-state index contributed by atoms with van der Waals surface area (Å²) >= 11 is 7.78. The Morgan fingerprint density at radius 3 is 3.10 bits per heavy atom. The summed E-state index contributed by atoms with van der Waals surface area (Å²) in [6.45, 7) is 5.11. The molecule has 4 nitrogen and oxygen atoms in total. The zero-order valence-corrected chi connectivity index (χ0v) is 13.6. The molecule has 0 radical (unpaired) electrons.